The summed E-state index contributed by atoms with van der Waals surface area (Å²) < 4.78 is 5.35. The summed E-state index contributed by atoms with van der Waals surface area (Å²) in [4.78, 5) is 41.1. The molecule has 3 rings (SSSR count). The minimum Gasteiger partial charge on any atom is -0.378 e. The van der Waals surface area contributed by atoms with Crippen molar-refractivity contribution >= 4 is 29.1 Å². The highest BCUT2D eigenvalue weighted by atomic mass is 16.5. The van der Waals surface area contributed by atoms with Crippen molar-refractivity contribution in [1.82, 2.24) is 9.80 Å². The number of anilines is 2. The van der Waals surface area contributed by atoms with E-state index in [1.807, 2.05) is 24.3 Å². The Morgan fingerprint density at radius 3 is 2.48 bits per heavy atom. The van der Waals surface area contributed by atoms with Crippen LogP contribution in [0.15, 0.2) is 24.3 Å². The second kappa shape index (κ2) is 8.85. The molecule has 146 valence electrons. The van der Waals surface area contributed by atoms with Gasteiger partial charge in [-0.1, -0.05) is 0 Å². The molecule has 0 atom stereocenters. The van der Waals surface area contributed by atoms with Gasteiger partial charge in [0.05, 0.1) is 26.3 Å². The van der Waals surface area contributed by atoms with Crippen LogP contribution in [0.25, 0.3) is 0 Å². The number of likely N-dealkylation sites (tertiary alicyclic amines) is 1. The first-order chi connectivity index (χ1) is 13.0. The number of likely N-dealkylation sites (N-methyl/N-ethyl adjacent to an activating group) is 1. The average molecular weight is 374 g/mol. The maximum atomic E-state index is 12.2. The molecule has 2 fully saturated rings. The second-order valence-corrected chi connectivity index (χ2v) is 6.86. The van der Waals surface area contributed by atoms with Gasteiger partial charge in [0.1, 0.15) is 0 Å². The molecular formula is C19H26N4O4. The summed E-state index contributed by atoms with van der Waals surface area (Å²) in [5.41, 5.74) is 1.78. The summed E-state index contributed by atoms with van der Waals surface area (Å²) in [6.07, 6.45) is 1.29. The van der Waals surface area contributed by atoms with Crippen LogP contribution in [0, 0.1) is 0 Å². The molecule has 0 bridgehead atoms. The van der Waals surface area contributed by atoms with Crippen LogP contribution in [-0.2, 0) is 19.1 Å². The fourth-order valence-corrected chi connectivity index (χ4v) is 3.24. The van der Waals surface area contributed by atoms with Gasteiger partial charge < -0.3 is 24.8 Å². The lowest BCUT2D eigenvalue weighted by atomic mass is 10.2. The molecule has 0 unspecified atom stereocenters. The zero-order valence-corrected chi connectivity index (χ0v) is 15.6. The van der Waals surface area contributed by atoms with Crippen molar-refractivity contribution in [3.05, 3.63) is 24.3 Å². The summed E-state index contributed by atoms with van der Waals surface area (Å²) >= 11 is 0. The van der Waals surface area contributed by atoms with E-state index in [1.165, 1.54) is 4.90 Å². The number of morpholine rings is 1. The van der Waals surface area contributed by atoms with Gasteiger partial charge in [0.25, 0.3) is 0 Å². The lowest BCUT2D eigenvalue weighted by Gasteiger charge is -2.29. The topological polar surface area (TPSA) is 82.2 Å². The number of hydrogen-bond acceptors (Lipinski definition) is 5. The maximum Gasteiger partial charge on any atom is 0.243 e. The fourth-order valence-electron chi connectivity index (χ4n) is 3.24. The Kier molecular flexibility index (Phi) is 6.28. The minimum atomic E-state index is -0.266. The standard InChI is InChI=1S/C19H26N4O4/c1-21(19(26)14-23-8-2-3-18(23)25)13-17(24)20-15-4-6-16(7-5-15)22-9-11-27-12-10-22/h4-7H,2-3,8-14H2,1H3,(H,20,24). The normalized spacial score (nSPS) is 17.1. The summed E-state index contributed by atoms with van der Waals surface area (Å²) in [6.45, 7) is 3.77. The Balaban J connectivity index is 1.46. The molecule has 1 aromatic rings. The van der Waals surface area contributed by atoms with Crippen LogP contribution in [0.5, 0.6) is 0 Å². The summed E-state index contributed by atoms with van der Waals surface area (Å²) in [6, 6.07) is 7.64. The molecule has 8 heteroatoms. The van der Waals surface area contributed by atoms with Gasteiger partial charge >= 0.3 is 0 Å². The maximum absolute atomic E-state index is 12.2. The van der Waals surface area contributed by atoms with Crippen LogP contribution in [0.1, 0.15) is 12.8 Å². The predicted molar refractivity (Wildman–Crippen MR) is 102 cm³/mol. The monoisotopic (exact) mass is 374 g/mol. The molecule has 0 radical (unpaired) electrons. The Hall–Kier alpha value is -2.61. The van der Waals surface area contributed by atoms with Crippen molar-refractivity contribution in [2.24, 2.45) is 0 Å². The average Bonchev–Trinajstić information content (AvgIpc) is 3.07. The highest BCUT2D eigenvalue weighted by Crippen LogP contribution is 2.19. The summed E-state index contributed by atoms with van der Waals surface area (Å²) in [5, 5.41) is 2.80. The van der Waals surface area contributed by atoms with Gasteiger partial charge in [-0.25, -0.2) is 0 Å². The molecule has 2 saturated heterocycles. The highest BCUT2D eigenvalue weighted by molar-refractivity contribution is 5.95. The van der Waals surface area contributed by atoms with Crippen molar-refractivity contribution < 1.29 is 19.1 Å². The smallest absolute Gasteiger partial charge is 0.243 e. The van der Waals surface area contributed by atoms with E-state index in [-0.39, 0.29) is 30.8 Å². The molecule has 2 heterocycles. The molecule has 2 aliphatic heterocycles. The van der Waals surface area contributed by atoms with Crippen LogP contribution in [0.3, 0.4) is 0 Å². The van der Waals surface area contributed by atoms with Gasteiger partial charge in [0, 0.05) is 44.5 Å². The quantitative estimate of drug-likeness (QED) is 0.786. The SMILES string of the molecule is CN(CC(=O)Nc1ccc(N2CCOCC2)cc1)C(=O)CN1CCCC1=O. The molecular weight excluding hydrogens is 348 g/mol. The van der Waals surface area contributed by atoms with E-state index in [2.05, 4.69) is 10.2 Å². The predicted octanol–water partition coefficient (Wildman–Crippen LogP) is 0.543. The zero-order chi connectivity index (χ0) is 19.2. The molecule has 0 saturated carbocycles. The molecule has 2 aliphatic rings. The third-order valence-corrected chi connectivity index (χ3v) is 4.83. The number of nitrogens with one attached hydrogen (secondary N) is 1. The largest absolute Gasteiger partial charge is 0.378 e. The first-order valence-corrected chi connectivity index (χ1v) is 9.27. The third kappa shape index (κ3) is 5.19. The number of benzene rings is 1. The first kappa shape index (κ1) is 19.2. The summed E-state index contributed by atoms with van der Waals surface area (Å²) in [7, 11) is 1.57. The Bertz CT molecular complexity index is 685. The molecule has 27 heavy (non-hydrogen) atoms. The lowest BCUT2D eigenvalue weighted by Crippen LogP contribution is -2.42. The number of rotatable bonds is 6. The minimum absolute atomic E-state index is 0.00144. The highest BCUT2D eigenvalue weighted by Gasteiger charge is 2.24. The van der Waals surface area contributed by atoms with Gasteiger partial charge in [0.2, 0.25) is 17.7 Å². The lowest BCUT2D eigenvalue weighted by molar-refractivity contribution is -0.138. The van der Waals surface area contributed by atoms with Gasteiger partial charge in [-0.15, -0.1) is 0 Å². The first-order valence-electron chi connectivity index (χ1n) is 9.27. The van der Waals surface area contributed by atoms with Crippen molar-refractivity contribution in [3.8, 4) is 0 Å². The Morgan fingerprint density at radius 1 is 1.15 bits per heavy atom. The van der Waals surface area contributed by atoms with Gasteiger partial charge in [-0.3, -0.25) is 14.4 Å². The summed E-state index contributed by atoms with van der Waals surface area (Å²) in [5.74, 6) is -0.498. The van der Waals surface area contributed by atoms with E-state index in [4.69, 9.17) is 4.74 Å². The number of carbonyl (C=O) groups excluding carboxylic acids is 3. The van der Waals surface area contributed by atoms with Gasteiger partial charge in [-0.2, -0.15) is 0 Å². The van der Waals surface area contributed by atoms with Crippen LogP contribution in [0.4, 0.5) is 11.4 Å². The number of amides is 3. The molecule has 8 nitrogen and oxygen atoms in total. The second-order valence-electron chi connectivity index (χ2n) is 6.86. The number of ether oxygens (including phenoxy) is 1. The Morgan fingerprint density at radius 2 is 1.85 bits per heavy atom. The van der Waals surface area contributed by atoms with Crippen LogP contribution < -0.4 is 10.2 Å². The van der Waals surface area contributed by atoms with E-state index in [1.54, 1.807) is 11.9 Å². The number of carbonyl (C=O) groups is 3. The van der Waals surface area contributed by atoms with E-state index in [0.717, 1.165) is 38.4 Å². The van der Waals surface area contributed by atoms with Crippen LogP contribution >= 0.6 is 0 Å². The van der Waals surface area contributed by atoms with Crippen LogP contribution in [0.2, 0.25) is 0 Å². The van der Waals surface area contributed by atoms with Gasteiger partial charge in [0.15, 0.2) is 0 Å². The van der Waals surface area contributed by atoms with Crippen molar-refractivity contribution in [2.45, 2.75) is 12.8 Å². The molecule has 3 amide bonds. The third-order valence-electron chi connectivity index (χ3n) is 4.83. The molecule has 1 N–H and O–H groups in total. The van der Waals surface area contributed by atoms with E-state index < -0.39 is 0 Å². The Labute approximate surface area is 159 Å². The van der Waals surface area contributed by atoms with Crippen molar-refractivity contribution in [2.75, 3.05) is 63.2 Å². The van der Waals surface area contributed by atoms with Crippen molar-refractivity contribution in [1.29, 1.82) is 0 Å². The van der Waals surface area contributed by atoms with Gasteiger partial charge in [-0.05, 0) is 30.7 Å². The zero-order valence-electron chi connectivity index (χ0n) is 15.6. The van der Waals surface area contributed by atoms with E-state index in [0.29, 0.717) is 18.7 Å². The van der Waals surface area contributed by atoms with Crippen LogP contribution in [-0.4, -0.2) is 80.5 Å². The van der Waals surface area contributed by atoms with E-state index >= 15 is 0 Å². The number of nitrogens with zero attached hydrogens (tertiary/aromatic N) is 3. The molecule has 1 aromatic carbocycles. The molecule has 0 aliphatic carbocycles. The molecule has 0 aromatic heterocycles. The van der Waals surface area contributed by atoms with Crippen molar-refractivity contribution in [3.63, 3.8) is 0 Å². The fraction of sp³-hybridized carbons (Fsp3) is 0.526. The number of hydrogen-bond donors (Lipinski definition) is 1. The molecule has 0 spiro atoms. The van der Waals surface area contributed by atoms with E-state index in [9.17, 15) is 14.4 Å².